The van der Waals surface area contributed by atoms with Crippen molar-refractivity contribution in [2.45, 2.75) is 19.0 Å². The summed E-state index contributed by atoms with van der Waals surface area (Å²) in [5, 5.41) is 2.40. The van der Waals surface area contributed by atoms with Crippen LogP contribution in [0, 0.1) is 9.49 Å². The van der Waals surface area contributed by atoms with Gasteiger partial charge in [0.05, 0.1) is 0 Å². The van der Waals surface area contributed by atoms with Crippen molar-refractivity contribution in [1.29, 1.82) is 0 Å². The molecule has 3 nitrogen and oxygen atoms in total. The highest BCUT2D eigenvalue weighted by atomic mass is 127. The highest BCUT2D eigenvalue weighted by molar-refractivity contribution is 14.1. The van der Waals surface area contributed by atoms with Gasteiger partial charge in [0.15, 0.2) is 0 Å². The molecule has 1 heterocycles. The normalized spacial score (nSPS) is 15.8. The maximum atomic E-state index is 12.5. The summed E-state index contributed by atoms with van der Waals surface area (Å²) < 4.78 is 37.8. The van der Waals surface area contributed by atoms with Crippen LogP contribution in [-0.2, 0) is 11.0 Å². The summed E-state index contributed by atoms with van der Waals surface area (Å²) >= 11 is 1.76. The van der Waals surface area contributed by atoms with E-state index < -0.39 is 11.9 Å². The zero-order valence-corrected chi connectivity index (χ0v) is 10.7. The summed E-state index contributed by atoms with van der Waals surface area (Å²) in [5.74, 6) is -0.363. The number of hydrogen-bond donors (Lipinski definition) is 1. The average molecular weight is 356 g/mol. The van der Waals surface area contributed by atoms with Gasteiger partial charge in [0.25, 0.3) is 0 Å². The molecule has 1 aliphatic rings. The van der Waals surface area contributed by atoms with E-state index in [1.165, 1.54) is 6.07 Å². The molecule has 1 amide bonds. The Bertz CT molecular complexity index is 457. The van der Waals surface area contributed by atoms with Crippen molar-refractivity contribution >= 4 is 34.3 Å². The van der Waals surface area contributed by atoms with Crippen LogP contribution < -0.4 is 5.32 Å². The summed E-state index contributed by atoms with van der Waals surface area (Å²) in [6.45, 7) is 0. The van der Waals surface area contributed by atoms with Crippen molar-refractivity contribution in [3.8, 4) is 0 Å². The smallest absolute Gasteiger partial charge is 0.310 e. The van der Waals surface area contributed by atoms with Crippen molar-refractivity contribution in [1.82, 2.24) is 4.98 Å². The van der Waals surface area contributed by atoms with Crippen molar-refractivity contribution in [2.24, 2.45) is 5.92 Å². The number of carbonyl (C=O) groups is 1. The first-order chi connectivity index (χ1) is 7.86. The van der Waals surface area contributed by atoms with Gasteiger partial charge in [-0.1, -0.05) is 0 Å². The van der Waals surface area contributed by atoms with E-state index >= 15 is 0 Å². The largest absolute Gasteiger partial charge is 0.433 e. The molecule has 0 atom stereocenters. The number of amides is 1. The van der Waals surface area contributed by atoms with E-state index in [-0.39, 0.29) is 17.6 Å². The fourth-order valence-electron chi connectivity index (χ4n) is 1.28. The SMILES string of the molecule is O=C(Nc1cc(I)cc(C(F)(F)F)n1)C1CC1. The van der Waals surface area contributed by atoms with Crippen molar-refractivity contribution in [2.75, 3.05) is 5.32 Å². The molecule has 0 unspecified atom stereocenters. The number of aromatic nitrogens is 1. The molecule has 1 fully saturated rings. The lowest BCUT2D eigenvalue weighted by Crippen LogP contribution is -2.17. The summed E-state index contributed by atoms with van der Waals surface area (Å²) in [6, 6.07) is 2.35. The van der Waals surface area contributed by atoms with Crippen LogP contribution in [0.1, 0.15) is 18.5 Å². The van der Waals surface area contributed by atoms with Crippen LogP contribution in [0.3, 0.4) is 0 Å². The highest BCUT2D eigenvalue weighted by Gasteiger charge is 2.34. The van der Waals surface area contributed by atoms with Crippen LogP contribution in [-0.4, -0.2) is 10.9 Å². The third kappa shape index (κ3) is 3.30. The number of halogens is 4. The second kappa shape index (κ2) is 4.43. The summed E-state index contributed by atoms with van der Waals surface area (Å²) in [7, 11) is 0. The monoisotopic (exact) mass is 356 g/mol. The molecule has 1 saturated carbocycles. The molecular weight excluding hydrogens is 348 g/mol. The number of nitrogens with one attached hydrogen (secondary N) is 1. The average Bonchev–Trinajstić information content (AvgIpc) is 2.97. The number of alkyl halides is 3. The first-order valence-electron chi connectivity index (χ1n) is 4.92. The molecule has 2 rings (SSSR count). The number of hydrogen-bond acceptors (Lipinski definition) is 2. The Morgan fingerprint density at radius 3 is 2.59 bits per heavy atom. The Morgan fingerprint density at radius 1 is 1.41 bits per heavy atom. The fourth-order valence-corrected chi connectivity index (χ4v) is 1.87. The zero-order valence-electron chi connectivity index (χ0n) is 8.51. The number of pyridine rings is 1. The van der Waals surface area contributed by atoms with Crippen molar-refractivity contribution in [3.05, 3.63) is 21.4 Å². The molecule has 0 spiro atoms. The van der Waals surface area contributed by atoms with Gasteiger partial charge in [-0.2, -0.15) is 13.2 Å². The minimum atomic E-state index is -4.50. The molecule has 1 aliphatic carbocycles. The Morgan fingerprint density at radius 2 is 2.06 bits per heavy atom. The van der Waals surface area contributed by atoms with Gasteiger partial charge in [-0.3, -0.25) is 4.79 Å². The minimum absolute atomic E-state index is 0.0406. The van der Waals surface area contributed by atoms with E-state index in [2.05, 4.69) is 10.3 Å². The standard InChI is InChI=1S/C10H8F3IN2O/c11-10(12,13)7-3-6(14)4-8(15-7)16-9(17)5-1-2-5/h3-5H,1-2H2,(H,15,16,17). The predicted octanol–water partition coefficient (Wildman–Crippen LogP) is 3.05. The van der Waals surface area contributed by atoms with E-state index in [0.29, 0.717) is 3.57 Å². The fraction of sp³-hybridized carbons (Fsp3) is 0.400. The number of carbonyl (C=O) groups excluding carboxylic acids is 1. The van der Waals surface area contributed by atoms with Gasteiger partial charge in [0.1, 0.15) is 11.5 Å². The van der Waals surface area contributed by atoms with Crippen LogP contribution in [0.4, 0.5) is 19.0 Å². The lowest BCUT2D eigenvalue weighted by atomic mass is 10.3. The molecule has 0 saturated heterocycles. The van der Waals surface area contributed by atoms with E-state index in [1.54, 1.807) is 22.6 Å². The molecule has 0 aliphatic heterocycles. The molecule has 0 radical (unpaired) electrons. The first kappa shape index (κ1) is 12.6. The Hall–Kier alpha value is -0.860. The Kier molecular flexibility index (Phi) is 3.28. The van der Waals surface area contributed by atoms with Crippen LogP contribution in [0.5, 0.6) is 0 Å². The highest BCUT2D eigenvalue weighted by Crippen LogP contribution is 2.32. The predicted molar refractivity (Wildman–Crippen MR) is 63.3 cm³/mol. The van der Waals surface area contributed by atoms with Crippen LogP contribution >= 0.6 is 22.6 Å². The van der Waals surface area contributed by atoms with Gasteiger partial charge in [0.2, 0.25) is 5.91 Å². The number of anilines is 1. The van der Waals surface area contributed by atoms with Gasteiger partial charge < -0.3 is 5.32 Å². The van der Waals surface area contributed by atoms with Crippen LogP contribution in [0.2, 0.25) is 0 Å². The van der Waals surface area contributed by atoms with E-state index in [0.717, 1.165) is 18.9 Å². The maximum absolute atomic E-state index is 12.5. The topological polar surface area (TPSA) is 42.0 Å². The number of rotatable bonds is 2. The first-order valence-corrected chi connectivity index (χ1v) is 6.00. The third-order valence-corrected chi connectivity index (χ3v) is 2.90. The zero-order chi connectivity index (χ0) is 12.6. The van der Waals surface area contributed by atoms with Crippen molar-refractivity contribution in [3.63, 3.8) is 0 Å². The van der Waals surface area contributed by atoms with E-state index in [4.69, 9.17) is 0 Å². The number of nitrogens with zero attached hydrogens (tertiary/aromatic N) is 1. The maximum Gasteiger partial charge on any atom is 0.433 e. The van der Waals surface area contributed by atoms with Gasteiger partial charge in [0, 0.05) is 9.49 Å². The summed E-state index contributed by atoms with van der Waals surface area (Å²) in [5.41, 5.74) is -0.990. The molecule has 17 heavy (non-hydrogen) atoms. The molecule has 7 heteroatoms. The van der Waals surface area contributed by atoms with Crippen LogP contribution in [0.25, 0.3) is 0 Å². The summed E-state index contributed by atoms with van der Waals surface area (Å²) in [6.07, 6.45) is -2.91. The minimum Gasteiger partial charge on any atom is -0.310 e. The second-order valence-corrected chi connectivity index (χ2v) is 5.06. The quantitative estimate of drug-likeness (QED) is 0.828. The molecular formula is C10H8F3IN2O. The third-order valence-electron chi connectivity index (χ3n) is 2.28. The molecule has 1 N–H and O–H groups in total. The van der Waals surface area contributed by atoms with Gasteiger partial charge in [-0.25, -0.2) is 4.98 Å². The molecule has 1 aromatic rings. The van der Waals surface area contributed by atoms with Gasteiger partial charge in [-0.05, 0) is 47.6 Å². The molecule has 92 valence electrons. The van der Waals surface area contributed by atoms with E-state index in [9.17, 15) is 18.0 Å². The molecule has 1 aromatic heterocycles. The Balaban J connectivity index is 2.22. The van der Waals surface area contributed by atoms with Gasteiger partial charge in [-0.15, -0.1) is 0 Å². The molecule has 0 bridgehead atoms. The van der Waals surface area contributed by atoms with Crippen molar-refractivity contribution < 1.29 is 18.0 Å². The molecule has 0 aromatic carbocycles. The van der Waals surface area contributed by atoms with E-state index in [1.807, 2.05) is 0 Å². The Labute approximate surface area is 109 Å². The summed E-state index contributed by atoms with van der Waals surface area (Å²) in [4.78, 5) is 14.8. The lowest BCUT2D eigenvalue weighted by Gasteiger charge is -2.09. The van der Waals surface area contributed by atoms with Gasteiger partial charge >= 0.3 is 6.18 Å². The van der Waals surface area contributed by atoms with Crippen LogP contribution in [0.15, 0.2) is 12.1 Å². The second-order valence-electron chi connectivity index (χ2n) is 3.82. The lowest BCUT2D eigenvalue weighted by molar-refractivity contribution is -0.141.